The van der Waals surface area contributed by atoms with Crippen LogP contribution in [0.25, 0.3) is 0 Å². The molecule has 39 heavy (non-hydrogen) atoms. The molecule has 2 saturated carbocycles. The van der Waals surface area contributed by atoms with Crippen LogP contribution in [0.3, 0.4) is 0 Å². The van der Waals surface area contributed by atoms with E-state index >= 15 is 0 Å². The van der Waals surface area contributed by atoms with Crippen molar-refractivity contribution in [2.75, 3.05) is 5.32 Å². The highest BCUT2D eigenvalue weighted by Gasteiger charge is 2.37. The van der Waals surface area contributed by atoms with Crippen LogP contribution in [0.1, 0.15) is 74.4 Å². The van der Waals surface area contributed by atoms with Gasteiger partial charge in [-0.25, -0.2) is 18.2 Å². The van der Waals surface area contributed by atoms with E-state index in [2.05, 4.69) is 10.3 Å². The van der Waals surface area contributed by atoms with Gasteiger partial charge in [0.1, 0.15) is 5.75 Å². The molecule has 2 fully saturated rings. The van der Waals surface area contributed by atoms with Gasteiger partial charge in [-0.05, 0) is 67.6 Å². The maximum absolute atomic E-state index is 13.3. The summed E-state index contributed by atoms with van der Waals surface area (Å²) in [5.74, 6) is -0.991. The van der Waals surface area contributed by atoms with E-state index in [1.165, 1.54) is 18.3 Å². The topological polar surface area (TPSA) is 132 Å². The Kier molecular flexibility index (Phi) is 9.36. The number of carboxylic acid groups (broad SMARTS) is 1. The van der Waals surface area contributed by atoms with E-state index < -0.39 is 27.8 Å². The number of nitrogens with one attached hydrogen (secondary N) is 1. The van der Waals surface area contributed by atoms with E-state index in [4.69, 9.17) is 14.6 Å². The molecule has 2 aromatic carbocycles. The largest absolute Gasteiger partial charge is 0.478 e. The molecule has 208 valence electrons. The summed E-state index contributed by atoms with van der Waals surface area (Å²) in [5.41, 5.74) is 0.724. The molecule has 1 amide bonds. The number of hydrogen-bond donors (Lipinski definition) is 2. The lowest BCUT2D eigenvalue weighted by molar-refractivity contribution is -0.131. The number of carbonyl (C=O) groups excluding carboxylic acids is 1. The second-order valence-electron chi connectivity index (χ2n) is 9.14. The van der Waals surface area contributed by atoms with Crippen molar-refractivity contribution in [3.63, 3.8) is 0 Å². The Labute approximate surface area is 232 Å². The van der Waals surface area contributed by atoms with Crippen molar-refractivity contribution < 1.29 is 32.6 Å². The first-order valence-corrected chi connectivity index (χ1v) is 15.4. The van der Waals surface area contributed by atoms with Crippen molar-refractivity contribution in [1.29, 1.82) is 0 Å². The fourth-order valence-electron chi connectivity index (χ4n) is 4.23. The van der Waals surface area contributed by atoms with Gasteiger partial charge in [0.2, 0.25) is 5.06 Å². The van der Waals surface area contributed by atoms with E-state index in [1.807, 2.05) is 13.8 Å². The van der Waals surface area contributed by atoms with Gasteiger partial charge in [-0.3, -0.25) is 10.1 Å². The maximum Gasteiger partial charge on any atom is 0.335 e. The van der Waals surface area contributed by atoms with Crippen LogP contribution in [-0.4, -0.2) is 41.7 Å². The Hall–Kier alpha value is -3.28. The Morgan fingerprint density at radius 2 is 1.64 bits per heavy atom. The van der Waals surface area contributed by atoms with Crippen LogP contribution in [-0.2, 0) is 19.4 Å². The number of benzene rings is 2. The van der Waals surface area contributed by atoms with Crippen LogP contribution in [0.5, 0.6) is 10.8 Å². The quantitative estimate of drug-likeness (QED) is 0.292. The molecule has 9 nitrogen and oxygen atoms in total. The molecule has 5 rings (SSSR count). The second-order valence-corrected chi connectivity index (χ2v) is 12.4. The van der Waals surface area contributed by atoms with Gasteiger partial charge in [0.05, 0.1) is 28.0 Å². The van der Waals surface area contributed by atoms with E-state index in [9.17, 15) is 18.0 Å². The molecule has 0 bridgehead atoms. The lowest BCUT2D eigenvalue weighted by Gasteiger charge is -2.21. The number of sulfone groups is 1. The molecular weight excluding hydrogens is 540 g/mol. The molecule has 1 atom stereocenters. The van der Waals surface area contributed by atoms with Crippen molar-refractivity contribution in [3.05, 3.63) is 65.9 Å². The standard InChI is InChI=1S/C26H26N2O7S2.C2H6/c29-24(28-26-27-15-22(36-26)34-19-9-5-17(6-10-19)25(30)31)23(35-18-3-1-2-4-18)16-7-11-20(12-8-16)37(32,33)21-13-14-21;1-2/h5-12,15,18,21,23H,1-4,13-14H2,(H,30,31)(H,27,28,29);1-2H3. The van der Waals surface area contributed by atoms with Crippen LogP contribution < -0.4 is 10.1 Å². The maximum atomic E-state index is 13.3. The Balaban J connectivity index is 0.00000172. The van der Waals surface area contributed by atoms with Gasteiger partial charge in [0, 0.05) is 0 Å². The van der Waals surface area contributed by atoms with Crippen LogP contribution >= 0.6 is 11.3 Å². The highest BCUT2D eigenvalue weighted by molar-refractivity contribution is 7.92. The Morgan fingerprint density at radius 1 is 1.00 bits per heavy atom. The SMILES string of the molecule is CC.O=C(O)c1ccc(Oc2cnc(NC(=O)C(OC3CCCC3)c3ccc(S(=O)(=O)C4CC4)cc3)s2)cc1. The summed E-state index contributed by atoms with van der Waals surface area (Å²) in [4.78, 5) is 28.8. The monoisotopic (exact) mass is 572 g/mol. The fraction of sp³-hybridized carbons (Fsp3) is 0.393. The number of carbonyl (C=O) groups is 2. The Morgan fingerprint density at radius 3 is 2.23 bits per heavy atom. The number of nitrogens with zero attached hydrogens (tertiary/aromatic N) is 1. The molecule has 0 aliphatic heterocycles. The smallest absolute Gasteiger partial charge is 0.335 e. The third-order valence-electron chi connectivity index (χ3n) is 6.38. The molecule has 2 aliphatic carbocycles. The number of thiazole rings is 1. The first-order valence-electron chi connectivity index (χ1n) is 13.1. The molecule has 1 aromatic heterocycles. The molecule has 11 heteroatoms. The highest BCUT2D eigenvalue weighted by atomic mass is 32.2. The number of ether oxygens (including phenoxy) is 2. The second kappa shape index (κ2) is 12.7. The van der Waals surface area contributed by atoms with Gasteiger partial charge in [-0.1, -0.05) is 50.2 Å². The van der Waals surface area contributed by atoms with Crippen molar-refractivity contribution >= 4 is 38.2 Å². The molecule has 2 N–H and O–H groups in total. The molecule has 2 aliphatic rings. The zero-order chi connectivity index (χ0) is 28.0. The lowest BCUT2D eigenvalue weighted by atomic mass is 10.1. The molecule has 0 spiro atoms. The Bertz CT molecular complexity index is 1380. The summed E-state index contributed by atoms with van der Waals surface area (Å²) in [6, 6.07) is 12.3. The number of carboxylic acids is 1. The van der Waals surface area contributed by atoms with Gasteiger partial charge in [-0.15, -0.1) is 0 Å². The van der Waals surface area contributed by atoms with E-state index in [0.717, 1.165) is 37.0 Å². The van der Waals surface area contributed by atoms with Crippen LogP contribution in [0, 0.1) is 0 Å². The van der Waals surface area contributed by atoms with Gasteiger partial charge in [0.15, 0.2) is 21.1 Å². The third-order valence-corrected chi connectivity index (χ3v) is 9.45. The zero-order valence-electron chi connectivity index (χ0n) is 21.8. The zero-order valence-corrected chi connectivity index (χ0v) is 23.5. The first kappa shape index (κ1) is 28.7. The molecule has 1 heterocycles. The van der Waals surface area contributed by atoms with Crippen molar-refractivity contribution in [2.45, 2.75) is 74.7 Å². The number of anilines is 1. The van der Waals surface area contributed by atoms with Crippen LogP contribution in [0.15, 0.2) is 59.6 Å². The number of hydrogen-bond acceptors (Lipinski definition) is 8. The fourth-order valence-corrected chi connectivity index (χ4v) is 6.58. The minimum Gasteiger partial charge on any atom is -0.478 e. The van der Waals surface area contributed by atoms with Crippen molar-refractivity contribution in [1.82, 2.24) is 4.98 Å². The molecule has 0 radical (unpaired) electrons. The molecule has 3 aromatic rings. The summed E-state index contributed by atoms with van der Waals surface area (Å²) in [7, 11) is -3.32. The lowest BCUT2D eigenvalue weighted by Crippen LogP contribution is -2.26. The minimum absolute atomic E-state index is 0.0467. The van der Waals surface area contributed by atoms with Gasteiger partial charge < -0.3 is 14.6 Å². The summed E-state index contributed by atoms with van der Waals surface area (Å²) in [6.45, 7) is 4.00. The van der Waals surface area contributed by atoms with Crippen molar-refractivity contribution in [3.8, 4) is 10.8 Å². The highest BCUT2D eigenvalue weighted by Crippen LogP contribution is 2.35. The summed E-state index contributed by atoms with van der Waals surface area (Å²) < 4.78 is 37.0. The number of aromatic carboxylic acids is 1. The predicted molar refractivity (Wildman–Crippen MR) is 148 cm³/mol. The number of amides is 1. The molecule has 0 saturated heterocycles. The van der Waals surface area contributed by atoms with Crippen LogP contribution in [0.4, 0.5) is 5.13 Å². The number of aromatic nitrogens is 1. The average Bonchev–Trinajstić information content (AvgIpc) is 3.53. The summed E-state index contributed by atoms with van der Waals surface area (Å²) in [6.07, 6.45) is 5.70. The normalized spacial score (nSPS) is 16.2. The number of rotatable bonds is 10. The van der Waals surface area contributed by atoms with Gasteiger partial charge in [-0.2, -0.15) is 0 Å². The van der Waals surface area contributed by atoms with Crippen molar-refractivity contribution in [2.24, 2.45) is 0 Å². The first-order chi connectivity index (χ1) is 18.8. The predicted octanol–water partition coefficient (Wildman–Crippen LogP) is 6.23. The summed E-state index contributed by atoms with van der Waals surface area (Å²) >= 11 is 1.12. The van der Waals surface area contributed by atoms with E-state index in [-0.39, 0.29) is 21.8 Å². The van der Waals surface area contributed by atoms with E-state index in [0.29, 0.717) is 34.3 Å². The third kappa shape index (κ3) is 7.23. The van der Waals surface area contributed by atoms with Gasteiger partial charge in [0.25, 0.3) is 5.91 Å². The summed E-state index contributed by atoms with van der Waals surface area (Å²) in [5, 5.41) is 12.2. The van der Waals surface area contributed by atoms with Crippen LogP contribution in [0.2, 0.25) is 0 Å². The molecule has 1 unspecified atom stereocenters. The van der Waals surface area contributed by atoms with Gasteiger partial charge >= 0.3 is 5.97 Å². The average molecular weight is 573 g/mol. The van der Waals surface area contributed by atoms with E-state index in [1.54, 1.807) is 36.4 Å². The minimum atomic E-state index is -3.32. The molecular formula is C28H32N2O7S2.